The Balaban J connectivity index is 3.03. The van der Waals surface area contributed by atoms with Gasteiger partial charge in [0.2, 0.25) is 0 Å². The number of nitrogens with one attached hydrogen (secondary N) is 1. The summed E-state index contributed by atoms with van der Waals surface area (Å²) >= 11 is 0. The van der Waals surface area contributed by atoms with Gasteiger partial charge in [0, 0.05) is 6.04 Å². The first-order valence-electron chi connectivity index (χ1n) is 4.63. The van der Waals surface area contributed by atoms with Crippen LogP contribution in [0.2, 0.25) is 0 Å². The molecule has 0 unspecified atom stereocenters. The van der Waals surface area contributed by atoms with Crippen molar-refractivity contribution in [3.63, 3.8) is 0 Å². The average Bonchev–Trinajstić information content (AvgIpc) is 2.61. The molecule has 1 heterocycles. The highest BCUT2D eigenvalue weighted by Crippen LogP contribution is 2.11. The first-order chi connectivity index (χ1) is 7.10. The number of aromatic nitrogens is 2. The van der Waals surface area contributed by atoms with E-state index >= 15 is 0 Å². The maximum Gasteiger partial charge on any atom is 0.358 e. The fraction of sp³-hybridized carbons (Fsp3) is 0.556. The maximum atomic E-state index is 11.2. The second-order valence-electron chi connectivity index (χ2n) is 3.39. The Hall–Kier alpha value is -1.40. The normalized spacial score (nSPS) is 10.7. The molecule has 0 fully saturated rings. The number of esters is 1. The molecule has 0 amide bonds. The van der Waals surface area contributed by atoms with Gasteiger partial charge in [-0.1, -0.05) is 0 Å². The summed E-state index contributed by atoms with van der Waals surface area (Å²) in [5, 5.41) is 12.7. The molecule has 2 N–H and O–H groups in total. The average molecular weight is 213 g/mol. The highest BCUT2D eigenvalue weighted by Gasteiger charge is 2.15. The van der Waals surface area contributed by atoms with Crippen LogP contribution in [0.4, 0.5) is 0 Å². The van der Waals surface area contributed by atoms with Crippen molar-refractivity contribution in [2.75, 3.05) is 7.11 Å². The zero-order chi connectivity index (χ0) is 11.4. The highest BCUT2D eigenvalue weighted by molar-refractivity contribution is 5.87. The molecule has 0 radical (unpaired) electrons. The largest absolute Gasteiger partial charge is 0.464 e. The third kappa shape index (κ3) is 2.54. The fourth-order valence-corrected chi connectivity index (χ4v) is 1.30. The minimum atomic E-state index is -0.478. The van der Waals surface area contributed by atoms with Crippen LogP contribution in [0.25, 0.3) is 0 Å². The Morgan fingerprint density at radius 2 is 2.40 bits per heavy atom. The second kappa shape index (κ2) is 4.90. The molecule has 0 saturated carbocycles. The van der Waals surface area contributed by atoms with Gasteiger partial charge < -0.3 is 9.94 Å². The Labute approximate surface area is 87.8 Å². The van der Waals surface area contributed by atoms with Crippen molar-refractivity contribution in [2.24, 2.45) is 0 Å². The topological polar surface area (TPSA) is 76.4 Å². The number of hydrogen-bond donors (Lipinski definition) is 2. The van der Waals surface area contributed by atoms with E-state index in [1.807, 2.05) is 19.3 Å². The van der Waals surface area contributed by atoms with E-state index in [9.17, 15) is 4.79 Å². The first kappa shape index (κ1) is 11.7. The van der Waals surface area contributed by atoms with Crippen LogP contribution in [0.15, 0.2) is 6.07 Å². The van der Waals surface area contributed by atoms with Crippen molar-refractivity contribution in [3.8, 4) is 0 Å². The van der Waals surface area contributed by atoms with Crippen LogP contribution < -0.4 is 5.48 Å². The fourth-order valence-electron chi connectivity index (χ4n) is 1.30. The molecule has 6 heteroatoms. The van der Waals surface area contributed by atoms with E-state index in [4.69, 9.17) is 5.21 Å². The minimum absolute atomic E-state index is 0.117. The minimum Gasteiger partial charge on any atom is -0.464 e. The van der Waals surface area contributed by atoms with Crippen molar-refractivity contribution in [1.82, 2.24) is 15.3 Å². The zero-order valence-corrected chi connectivity index (χ0v) is 9.02. The Morgan fingerprint density at radius 3 is 2.87 bits per heavy atom. The molecule has 6 nitrogen and oxygen atoms in total. The van der Waals surface area contributed by atoms with E-state index in [0.717, 1.165) is 5.69 Å². The van der Waals surface area contributed by atoms with Gasteiger partial charge in [0.1, 0.15) is 0 Å². The third-order valence-electron chi connectivity index (χ3n) is 1.96. The molecule has 0 spiro atoms. The summed E-state index contributed by atoms with van der Waals surface area (Å²) in [6.45, 7) is 4.12. The molecule has 0 aliphatic heterocycles. The molecule has 0 atom stereocenters. The van der Waals surface area contributed by atoms with Gasteiger partial charge >= 0.3 is 5.97 Å². The highest BCUT2D eigenvalue weighted by atomic mass is 16.5. The number of hydroxylamine groups is 1. The van der Waals surface area contributed by atoms with E-state index in [1.54, 1.807) is 10.7 Å². The Bertz CT molecular complexity index is 346. The summed E-state index contributed by atoms with van der Waals surface area (Å²) in [5.41, 5.74) is 3.01. The number of ether oxygens (including phenoxy) is 1. The van der Waals surface area contributed by atoms with Crippen LogP contribution in [0.3, 0.4) is 0 Å². The predicted molar refractivity (Wildman–Crippen MR) is 52.6 cm³/mol. The lowest BCUT2D eigenvalue weighted by atomic mass is 10.3. The molecule has 15 heavy (non-hydrogen) atoms. The standard InChI is InChI=1S/C9H15N3O3/c1-6(2)12-7(5-10-14)4-8(11-12)9(13)15-3/h4,6,10,14H,5H2,1-3H3. The Morgan fingerprint density at radius 1 is 1.73 bits per heavy atom. The third-order valence-corrected chi connectivity index (χ3v) is 1.96. The number of methoxy groups -OCH3 is 1. The summed E-state index contributed by atoms with van der Waals surface area (Å²) in [6, 6.07) is 1.71. The van der Waals surface area contributed by atoms with Crippen molar-refractivity contribution in [3.05, 3.63) is 17.5 Å². The molecule has 0 aliphatic rings. The molecule has 1 rings (SSSR count). The first-order valence-corrected chi connectivity index (χ1v) is 4.63. The lowest BCUT2D eigenvalue weighted by Gasteiger charge is -2.09. The summed E-state index contributed by atoms with van der Waals surface area (Å²) in [7, 11) is 1.31. The summed E-state index contributed by atoms with van der Waals surface area (Å²) in [6.07, 6.45) is 0. The van der Waals surface area contributed by atoms with Gasteiger partial charge in [-0.15, -0.1) is 0 Å². The van der Waals surface area contributed by atoms with Crippen LogP contribution in [0.1, 0.15) is 36.1 Å². The predicted octanol–water partition coefficient (Wildman–Crippen LogP) is 0.729. The van der Waals surface area contributed by atoms with E-state index in [-0.39, 0.29) is 18.3 Å². The lowest BCUT2D eigenvalue weighted by Crippen LogP contribution is -2.14. The van der Waals surface area contributed by atoms with Crippen molar-refractivity contribution in [1.29, 1.82) is 0 Å². The van der Waals surface area contributed by atoms with Crippen LogP contribution in [-0.2, 0) is 11.3 Å². The molecular formula is C9H15N3O3. The van der Waals surface area contributed by atoms with Gasteiger partial charge in [0.15, 0.2) is 5.69 Å². The number of nitrogens with zero attached hydrogens (tertiary/aromatic N) is 2. The monoisotopic (exact) mass is 213 g/mol. The van der Waals surface area contributed by atoms with E-state index in [0.29, 0.717) is 0 Å². The summed E-state index contributed by atoms with van der Waals surface area (Å²) < 4.78 is 6.23. The quantitative estimate of drug-likeness (QED) is 0.569. The van der Waals surface area contributed by atoms with Gasteiger partial charge in [-0.05, 0) is 19.9 Å². The van der Waals surface area contributed by atoms with Crippen molar-refractivity contribution < 1.29 is 14.7 Å². The van der Waals surface area contributed by atoms with Gasteiger partial charge in [-0.3, -0.25) is 4.68 Å². The van der Waals surface area contributed by atoms with E-state index < -0.39 is 5.97 Å². The van der Waals surface area contributed by atoms with Crippen LogP contribution >= 0.6 is 0 Å². The number of carbonyl (C=O) groups is 1. The van der Waals surface area contributed by atoms with Gasteiger partial charge in [0.05, 0.1) is 19.3 Å². The van der Waals surface area contributed by atoms with Crippen molar-refractivity contribution >= 4 is 5.97 Å². The summed E-state index contributed by atoms with van der Waals surface area (Å²) in [4.78, 5) is 11.2. The molecule has 0 aromatic carbocycles. The van der Waals surface area contributed by atoms with Gasteiger partial charge in [-0.25, -0.2) is 4.79 Å². The molecule has 0 aliphatic carbocycles. The van der Waals surface area contributed by atoms with Crippen LogP contribution in [0.5, 0.6) is 0 Å². The molecule has 0 saturated heterocycles. The molecule has 0 bridgehead atoms. The molecular weight excluding hydrogens is 198 g/mol. The van der Waals surface area contributed by atoms with Gasteiger partial charge in [-0.2, -0.15) is 10.6 Å². The zero-order valence-electron chi connectivity index (χ0n) is 9.02. The van der Waals surface area contributed by atoms with E-state index in [1.165, 1.54) is 7.11 Å². The summed E-state index contributed by atoms with van der Waals surface area (Å²) in [5.74, 6) is -0.478. The number of carbonyl (C=O) groups excluding carboxylic acids is 1. The van der Waals surface area contributed by atoms with E-state index in [2.05, 4.69) is 9.84 Å². The smallest absolute Gasteiger partial charge is 0.358 e. The number of hydrogen-bond acceptors (Lipinski definition) is 5. The maximum absolute atomic E-state index is 11.2. The van der Waals surface area contributed by atoms with Crippen LogP contribution in [0, 0.1) is 0 Å². The molecule has 84 valence electrons. The Kier molecular flexibility index (Phi) is 3.81. The second-order valence-corrected chi connectivity index (χ2v) is 3.39. The lowest BCUT2D eigenvalue weighted by molar-refractivity contribution is 0.0593. The number of rotatable bonds is 4. The SMILES string of the molecule is COC(=O)c1cc(CNO)n(C(C)C)n1. The van der Waals surface area contributed by atoms with Gasteiger partial charge in [0.25, 0.3) is 0 Å². The molecule has 1 aromatic heterocycles. The van der Waals surface area contributed by atoms with Crippen molar-refractivity contribution in [2.45, 2.75) is 26.4 Å². The molecule has 1 aromatic rings. The van der Waals surface area contributed by atoms with Crippen LogP contribution in [-0.4, -0.2) is 28.1 Å².